The number of hydrogen-bond donors (Lipinski definition) is 1. The van der Waals surface area contributed by atoms with E-state index in [1.807, 2.05) is 30.7 Å². The van der Waals surface area contributed by atoms with E-state index in [4.69, 9.17) is 0 Å². The van der Waals surface area contributed by atoms with Crippen LogP contribution in [-0.4, -0.2) is 14.9 Å². The fourth-order valence-corrected chi connectivity index (χ4v) is 1.32. The minimum Gasteiger partial charge on any atom is -0.276 e. The Bertz CT molecular complexity index is 399. The first-order valence-electron chi connectivity index (χ1n) is 4.47. The van der Waals surface area contributed by atoms with Crippen LogP contribution in [0.15, 0.2) is 30.5 Å². The van der Waals surface area contributed by atoms with Crippen LogP contribution in [0.2, 0.25) is 0 Å². The fraction of sp³-hybridized carbons (Fsp3) is 0.200. The lowest BCUT2D eigenvalue weighted by Crippen LogP contribution is -2.13. The van der Waals surface area contributed by atoms with Gasteiger partial charge in [-0.25, -0.2) is 0 Å². The lowest BCUT2D eigenvalue weighted by Gasteiger charge is -2.10. The zero-order valence-electron chi connectivity index (χ0n) is 8.23. The highest BCUT2D eigenvalue weighted by atomic mass is 15.4. The molecule has 0 radical (unpaired) electrons. The van der Waals surface area contributed by atoms with Crippen molar-refractivity contribution in [1.29, 1.82) is 0 Å². The van der Waals surface area contributed by atoms with Crippen LogP contribution >= 0.6 is 0 Å². The maximum absolute atomic E-state index is 3.95. The lowest BCUT2D eigenvalue weighted by molar-refractivity contribution is 0.856. The molecule has 0 saturated carbocycles. The summed E-state index contributed by atoms with van der Waals surface area (Å²) in [5.41, 5.74) is 5.46. The molecule has 0 aliphatic heterocycles. The second-order valence-electron chi connectivity index (χ2n) is 3.17. The highest BCUT2D eigenvalue weighted by Gasteiger charge is 2.00. The Hall–Kier alpha value is -1.84. The van der Waals surface area contributed by atoms with E-state index in [0.29, 0.717) is 0 Å². The van der Waals surface area contributed by atoms with Gasteiger partial charge in [0.1, 0.15) is 0 Å². The third-order valence-electron chi connectivity index (χ3n) is 2.07. The molecule has 2 heterocycles. The van der Waals surface area contributed by atoms with Gasteiger partial charge in [0, 0.05) is 17.6 Å². The van der Waals surface area contributed by atoms with Crippen molar-refractivity contribution in [3.05, 3.63) is 41.9 Å². The molecule has 0 bridgehead atoms. The predicted octanol–water partition coefficient (Wildman–Crippen LogP) is 1.77. The Morgan fingerprint density at radius 1 is 1.14 bits per heavy atom. The first-order chi connectivity index (χ1) is 6.77. The number of rotatable bonds is 2. The van der Waals surface area contributed by atoms with Crippen molar-refractivity contribution in [3.63, 3.8) is 0 Å². The second kappa shape index (κ2) is 3.49. The van der Waals surface area contributed by atoms with Crippen molar-refractivity contribution < 1.29 is 0 Å². The Balaban J connectivity index is 2.27. The lowest BCUT2D eigenvalue weighted by atomic mass is 10.5. The van der Waals surface area contributed by atoms with Gasteiger partial charge in [0.25, 0.3) is 0 Å². The van der Waals surface area contributed by atoms with Gasteiger partial charge in [-0.2, -0.15) is 5.10 Å². The molecule has 4 nitrogen and oxygen atoms in total. The molecule has 14 heavy (non-hydrogen) atoms. The minimum atomic E-state index is 0.745. The second-order valence-corrected chi connectivity index (χ2v) is 3.17. The Morgan fingerprint density at radius 3 is 2.43 bits per heavy atom. The molecule has 0 aliphatic rings. The van der Waals surface area contributed by atoms with Crippen LogP contribution in [0.1, 0.15) is 11.4 Å². The van der Waals surface area contributed by atoms with Crippen LogP contribution in [0, 0.1) is 13.8 Å². The molecular formula is C10H12N4. The van der Waals surface area contributed by atoms with Crippen molar-refractivity contribution in [2.45, 2.75) is 13.8 Å². The standard InChI is InChI=1S/C10H12N4/c1-8-5-6-9(2)14(8)13-10-4-3-7-11-12-10/h3-7H,1-2H3,(H,12,13). The maximum Gasteiger partial charge on any atom is 0.167 e. The minimum absolute atomic E-state index is 0.745. The van der Waals surface area contributed by atoms with E-state index in [9.17, 15) is 0 Å². The number of hydrogen-bond acceptors (Lipinski definition) is 3. The summed E-state index contributed by atoms with van der Waals surface area (Å²) in [5, 5.41) is 7.75. The largest absolute Gasteiger partial charge is 0.276 e. The van der Waals surface area contributed by atoms with Crippen molar-refractivity contribution >= 4 is 5.82 Å². The van der Waals surface area contributed by atoms with Gasteiger partial charge in [-0.15, -0.1) is 5.10 Å². The molecule has 0 fully saturated rings. The Labute approximate surface area is 82.6 Å². The summed E-state index contributed by atoms with van der Waals surface area (Å²) < 4.78 is 1.98. The molecule has 4 heteroatoms. The summed E-state index contributed by atoms with van der Waals surface area (Å²) in [5.74, 6) is 0.745. The van der Waals surface area contributed by atoms with Crippen LogP contribution in [0.5, 0.6) is 0 Å². The van der Waals surface area contributed by atoms with Crippen molar-refractivity contribution in [3.8, 4) is 0 Å². The van der Waals surface area contributed by atoms with E-state index in [1.165, 1.54) is 0 Å². The molecule has 0 aliphatic carbocycles. The van der Waals surface area contributed by atoms with Gasteiger partial charge < -0.3 is 0 Å². The number of nitrogens with one attached hydrogen (secondary N) is 1. The molecule has 0 unspecified atom stereocenters. The monoisotopic (exact) mass is 188 g/mol. The molecule has 0 atom stereocenters. The Kier molecular flexibility index (Phi) is 2.18. The maximum atomic E-state index is 3.95. The van der Waals surface area contributed by atoms with Gasteiger partial charge in [0.2, 0.25) is 0 Å². The Morgan fingerprint density at radius 2 is 1.86 bits per heavy atom. The molecule has 0 amide bonds. The smallest absolute Gasteiger partial charge is 0.167 e. The van der Waals surface area contributed by atoms with Crippen LogP contribution in [-0.2, 0) is 0 Å². The van der Waals surface area contributed by atoms with E-state index in [1.54, 1.807) is 6.20 Å². The van der Waals surface area contributed by atoms with E-state index >= 15 is 0 Å². The van der Waals surface area contributed by atoms with Gasteiger partial charge in [-0.05, 0) is 38.1 Å². The average Bonchev–Trinajstić information content (AvgIpc) is 2.51. The highest BCUT2D eigenvalue weighted by molar-refractivity contribution is 5.33. The molecule has 2 rings (SSSR count). The molecule has 2 aromatic heterocycles. The van der Waals surface area contributed by atoms with E-state index < -0.39 is 0 Å². The van der Waals surface area contributed by atoms with Gasteiger partial charge in [0.05, 0.1) is 0 Å². The van der Waals surface area contributed by atoms with E-state index in [-0.39, 0.29) is 0 Å². The third kappa shape index (κ3) is 1.59. The number of nitrogens with zero attached hydrogens (tertiary/aromatic N) is 3. The fourth-order valence-electron chi connectivity index (χ4n) is 1.32. The summed E-state index contributed by atoms with van der Waals surface area (Å²) >= 11 is 0. The van der Waals surface area contributed by atoms with Gasteiger partial charge in [-0.1, -0.05) is 0 Å². The molecular weight excluding hydrogens is 176 g/mol. The van der Waals surface area contributed by atoms with E-state index in [0.717, 1.165) is 17.2 Å². The molecule has 0 saturated heterocycles. The zero-order valence-corrected chi connectivity index (χ0v) is 8.23. The van der Waals surface area contributed by atoms with Crippen molar-refractivity contribution in [2.24, 2.45) is 0 Å². The normalized spacial score (nSPS) is 10.1. The van der Waals surface area contributed by atoms with Gasteiger partial charge in [-0.3, -0.25) is 10.1 Å². The summed E-state index contributed by atoms with van der Waals surface area (Å²) in [6, 6.07) is 7.84. The average molecular weight is 188 g/mol. The molecule has 0 aromatic carbocycles. The number of anilines is 1. The first kappa shape index (κ1) is 8.74. The first-order valence-corrected chi connectivity index (χ1v) is 4.47. The summed E-state index contributed by atoms with van der Waals surface area (Å²) in [7, 11) is 0. The summed E-state index contributed by atoms with van der Waals surface area (Å²) in [4.78, 5) is 0. The molecule has 2 aromatic rings. The van der Waals surface area contributed by atoms with Crippen LogP contribution < -0.4 is 5.43 Å². The van der Waals surface area contributed by atoms with Crippen molar-refractivity contribution in [2.75, 3.05) is 5.43 Å². The zero-order chi connectivity index (χ0) is 9.97. The molecule has 72 valence electrons. The molecule has 0 spiro atoms. The number of aryl methyl sites for hydroxylation is 2. The number of aromatic nitrogens is 3. The van der Waals surface area contributed by atoms with Crippen LogP contribution in [0.4, 0.5) is 5.82 Å². The van der Waals surface area contributed by atoms with E-state index in [2.05, 4.69) is 27.8 Å². The van der Waals surface area contributed by atoms with Crippen LogP contribution in [0.25, 0.3) is 0 Å². The van der Waals surface area contributed by atoms with Gasteiger partial charge >= 0.3 is 0 Å². The summed E-state index contributed by atoms with van der Waals surface area (Å²) in [6.07, 6.45) is 1.65. The highest BCUT2D eigenvalue weighted by Crippen LogP contribution is 2.08. The predicted molar refractivity (Wildman–Crippen MR) is 55.0 cm³/mol. The molecule has 1 N–H and O–H groups in total. The SMILES string of the molecule is Cc1ccc(C)n1Nc1cccnn1. The summed E-state index contributed by atoms with van der Waals surface area (Å²) in [6.45, 7) is 4.08. The third-order valence-corrected chi connectivity index (χ3v) is 2.07. The van der Waals surface area contributed by atoms with Crippen molar-refractivity contribution in [1.82, 2.24) is 14.9 Å². The topological polar surface area (TPSA) is 42.7 Å². The quantitative estimate of drug-likeness (QED) is 0.781. The van der Waals surface area contributed by atoms with Crippen LogP contribution in [0.3, 0.4) is 0 Å². The van der Waals surface area contributed by atoms with Gasteiger partial charge in [0.15, 0.2) is 5.82 Å².